The Labute approximate surface area is 334 Å². The van der Waals surface area contributed by atoms with Crippen LogP contribution in [0.15, 0.2) is 59.4 Å². The molecule has 0 aliphatic heterocycles. The number of unbranched alkanes of at least 4 members (excludes halogenated alkanes) is 12. The lowest BCUT2D eigenvalue weighted by Gasteiger charge is -2.12. The highest BCUT2D eigenvalue weighted by atomic mass is 35.5. The molecule has 0 saturated carbocycles. The zero-order chi connectivity index (χ0) is 39.0. The summed E-state index contributed by atoms with van der Waals surface area (Å²) >= 11 is 25.4. The van der Waals surface area contributed by atoms with E-state index in [9.17, 15) is 24.5 Å². The van der Waals surface area contributed by atoms with Crippen LogP contribution in [0.2, 0.25) is 20.1 Å². The van der Waals surface area contributed by atoms with Gasteiger partial charge in [0.2, 0.25) is 11.7 Å². The van der Waals surface area contributed by atoms with Crippen molar-refractivity contribution < 1.29 is 19.2 Å². The monoisotopic (exact) mass is 820 g/mol. The first-order chi connectivity index (χ1) is 26.0. The Morgan fingerprint density at radius 3 is 1.87 bits per heavy atom. The van der Waals surface area contributed by atoms with Crippen LogP contribution in [0.25, 0.3) is 5.69 Å². The molecular formula is C38H44Cl4N6O6. The van der Waals surface area contributed by atoms with E-state index < -0.39 is 22.3 Å². The largest absolute Gasteiger partial charge is 0.417 e. The van der Waals surface area contributed by atoms with Gasteiger partial charge in [0.1, 0.15) is 5.69 Å². The van der Waals surface area contributed by atoms with Crippen molar-refractivity contribution in [1.82, 2.24) is 9.78 Å². The number of nitro groups is 1. The standard InChI is InChI=1S/C38H44Cl4N6O6/c1-2-3-4-5-6-7-8-9-10-11-12-13-14-15-33(49)43-27-18-21-32(29(40)24-27)45-36-35(54-38(51)44-26-16-19-28(20-17-26)48(52)53)37(50)47(46-36)34-30(41)22-25(39)23-31(34)42/h16-24,45-46H,2-15H2,1H3,(H,43,49)(H,44,51). The van der Waals surface area contributed by atoms with Crippen molar-refractivity contribution in [2.45, 2.75) is 96.8 Å². The molecule has 3 aromatic carbocycles. The lowest BCUT2D eigenvalue weighted by Crippen LogP contribution is -2.22. The molecule has 0 saturated heterocycles. The first kappa shape index (κ1) is 42.5. The van der Waals surface area contributed by atoms with Crippen molar-refractivity contribution in [3.63, 3.8) is 0 Å². The molecule has 16 heteroatoms. The molecule has 54 heavy (non-hydrogen) atoms. The predicted molar refractivity (Wildman–Crippen MR) is 218 cm³/mol. The summed E-state index contributed by atoms with van der Waals surface area (Å²) in [5.41, 5.74) is -0.0365. The number of nitro benzene ring substituents is 1. The van der Waals surface area contributed by atoms with Crippen LogP contribution in [0, 0.1) is 10.1 Å². The van der Waals surface area contributed by atoms with Gasteiger partial charge in [-0.25, -0.2) is 9.48 Å². The second kappa shape index (κ2) is 21.6. The summed E-state index contributed by atoms with van der Waals surface area (Å²) in [6.07, 6.45) is 15.2. The summed E-state index contributed by atoms with van der Waals surface area (Å²) in [4.78, 5) is 49.6. The summed E-state index contributed by atoms with van der Waals surface area (Å²) < 4.78 is 6.40. The average molecular weight is 823 g/mol. The van der Waals surface area contributed by atoms with Crippen molar-refractivity contribution in [1.29, 1.82) is 0 Å². The Balaban J connectivity index is 1.36. The summed E-state index contributed by atoms with van der Waals surface area (Å²) in [6.45, 7) is 2.24. The van der Waals surface area contributed by atoms with E-state index in [1.54, 1.807) is 18.2 Å². The van der Waals surface area contributed by atoms with E-state index in [2.05, 4.69) is 28.0 Å². The van der Waals surface area contributed by atoms with E-state index in [0.29, 0.717) is 17.8 Å². The van der Waals surface area contributed by atoms with E-state index in [0.717, 1.165) is 23.9 Å². The van der Waals surface area contributed by atoms with Crippen molar-refractivity contribution in [3.05, 3.63) is 95.2 Å². The molecule has 0 fully saturated rings. The third-order valence-electron chi connectivity index (χ3n) is 8.59. The molecule has 0 bridgehead atoms. The molecule has 0 spiro atoms. The van der Waals surface area contributed by atoms with E-state index in [4.69, 9.17) is 51.1 Å². The number of aromatic nitrogens is 2. The second-order valence-corrected chi connectivity index (χ2v) is 14.5. The number of hydrogen-bond donors (Lipinski definition) is 4. The number of halogens is 4. The Bertz CT molecular complexity index is 1930. The van der Waals surface area contributed by atoms with Gasteiger partial charge in [-0.2, -0.15) is 0 Å². The topological polar surface area (TPSA) is 160 Å². The fraction of sp³-hybridized carbons (Fsp3) is 0.395. The molecule has 0 atom stereocenters. The molecule has 4 rings (SSSR count). The van der Waals surface area contributed by atoms with Crippen LogP contribution in [0.5, 0.6) is 5.75 Å². The summed E-state index contributed by atoms with van der Waals surface area (Å²) in [5.74, 6) is -0.701. The Hall–Kier alpha value is -4.23. The third kappa shape index (κ3) is 13.0. The fourth-order valence-corrected chi connectivity index (χ4v) is 6.98. The number of non-ortho nitro benzene ring substituents is 1. The van der Waals surface area contributed by atoms with Gasteiger partial charge in [0, 0.05) is 35.0 Å². The van der Waals surface area contributed by atoms with E-state index >= 15 is 0 Å². The SMILES string of the molecule is CCCCCCCCCCCCCCCC(=O)Nc1ccc(Nc2[nH]n(-c3c(Cl)cc(Cl)cc3Cl)c(=O)c2OC(=O)Nc2ccc([N+](=O)[O-])cc2)c(Cl)c1. The predicted octanol–water partition coefficient (Wildman–Crippen LogP) is 12.5. The highest BCUT2D eigenvalue weighted by Gasteiger charge is 2.24. The molecule has 0 aliphatic rings. The minimum absolute atomic E-state index is 0.0289. The maximum absolute atomic E-state index is 13.7. The second-order valence-electron chi connectivity index (χ2n) is 12.9. The Kier molecular flexibility index (Phi) is 17.0. The highest BCUT2D eigenvalue weighted by molar-refractivity contribution is 6.40. The molecular weight excluding hydrogens is 778 g/mol. The maximum Gasteiger partial charge on any atom is 0.417 e. The van der Waals surface area contributed by atoms with Crippen LogP contribution in [0.1, 0.15) is 96.8 Å². The van der Waals surface area contributed by atoms with Crippen molar-refractivity contribution in [2.75, 3.05) is 16.0 Å². The number of nitrogens with zero attached hydrogens (tertiary/aromatic N) is 2. The van der Waals surface area contributed by atoms with Gasteiger partial charge in [-0.05, 0) is 48.9 Å². The molecule has 1 heterocycles. The van der Waals surface area contributed by atoms with Crippen LogP contribution < -0.4 is 26.2 Å². The molecule has 4 aromatic rings. The van der Waals surface area contributed by atoms with Gasteiger partial charge in [0.25, 0.3) is 5.69 Å². The zero-order valence-electron chi connectivity index (χ0n) is 30.0. The molecule has 4 N–H and O–H groups in total. The lowest BCUT2D eigenvalue weighted by atomic mass is 10.0. The lowest BCUT2D eigenvalue weighted by molar-refractivity contribution is -0.384. The molecule has 2 amide bonds. The van der Waals surface area contributed by atoms with Gasteiger partial charge in [-0.3, -0.25) is 30.1 Å². The number of carbonyl (C=O) groups is 2. The number of H-pyrrole nitrogens is 1. The van der Waals surface area contributed by atoms with Gasteiger partial charge in [-0.15, -0.1) is 0 Å². The number of rotatable bonds is 21. The first-order valence-electron chi connectivity index (χ1n) is 18.1. The minimum Gasteiger partial charge on any atom is -0.400 e. The van der Waals surface area contributed by atoms with Crippen LogP contribution in [-0.4, -0.2) is 26.7 Å². The van der Waals surface area contributed by atoms with Gasteiger partial charge in [0.15, 0.2) is 5.82 Å². The minimum atomic E-state index is -1.07. The summed E-state index contributed by atoms with van der Waals surface area (Å²) in [6, 6.07) is 12.6. The molecule has 0 aliphatic carbocycles. The van der Waals surface area contributed by atoms with E-state index in [1.807, 2.05) is 0 Å². The van der Waals surface area contributed by atoms with Crippen LogP contribution in [-0.2, 0) is 4.79 Å². The molecule has 1 aromatic heterocycles. The number of hydrogen-bond acceptors (Lipinski definition) is 7. The van der Waals surface area contributed by atoms with Crippen molar-refractivity contribution >= 4 is 87.0 Å². The fourth-order valence-electron chi connectivity index (χ4n) is 5.77. The smallest absolute Gasteiger partial charge is 0.400 e. The Morgan fingerprint density at radius 2 is 1.31 bits per heavy atom. The number of carbonyl (C=O) groups excluding carboxylic acids is 2. The van der Waals surface area contributed by atoms with Gasteiger partial charge in [-0.1, -0.05) is 130 Å². The van der Waals surface area contributed by atoms with Crippen LogP contribution in [0.3, 0.4) is 0 Å². The number of ether oxygens (including phenoxy) is 1. The summed E-state index contributed by atoms with van der Waals surface area (Å²) in [7, 11) is 0. The highest BCUT2D eigenvalue weighted by Crippen LogP contribution is 2.35. The average Bonchev–Trinajstić information content (AvgIpc) is 3.40. The number of nitrogens with one attached hydrogen (secondary N) is 4. The number of aromatic amines is 1. The zero-order valence-corrected chi connectivity index (χ0v) is 33.0. The van der Waals surface area contributed by atoms with E-state index in [1.165, 1.54) is 101 Å². The van der Waals surface area contributed by atoms with Crippen LogP contribution >= 0.6 is 46.4 Å². The summed E-state index contributed by atoms with van der Waals surface area (Å²) in [5, 5.41) is 22.5. The maximum atomic E-state index is 13.7. The number of amides is 2. The third-order valence-corrected chi connectivity index (χ3v) is 9.70. The first-order valence-corrected chi connectivity index (χ1v) is 19.6. The normalized spacial score (nSPS) is 11.0. The molecule has 0 unspecified atom stereocenters. The van der Waals surface area contributed by atoms with E-state index in [-0.39, 0.29) is 48.9 Å². The number of anilines is 4. The van der Waals surface area contributed by atoms with Gasteiger partial charge >= 0.3 is 11.7 Å². The van der Waals surface area contributed by atoms with Crippen molar-refractivity contribution in [2.24, 2.45) is 0 Å². The molecule has 290 valence electrons. The van der Waals surface area contributed by atoms with Gasteiger partial charge < -0.3 is 15.4 Å². The molecule has 12 nitrogen and oxygen atoms in total. The van der Waals surface area contributed by atoms with Crippen molar-refractivity contribution in [3.8, 4) is 11.4 Å². The van der Waals surface area contributed by atoms with Crippen LogP contribution in [0.4, 0.5) is 33.4 Å². The molecule has 0 radical (unpaired) electrons. The quantitative estimate of drug-likeness (QED) is 0.0369. The Morgan fingerprint density at radius 1 is 0.759 bits per heavy atom. The number of benzene rings is 3. The van der Waals surface area contributed by atoms with Gasteiger partial charge in [0.05, 0.1) is 25.7 Å².